The van der Waals surface area contributed by atoms with Crippen molar-refractivity contribution in [2.45, 2.75) is 12.5 Å². The van der Waals surface area contributed by atoms with Crippen molar-refractivity contribution in [3.8, 4) is 0 Å². The summed E-state index contributed by atoms with van der Waals surface area (Å²) in [6, 6.07) is 3.05. The highest BCUT2D eigenvalue weighted by Crippen LogP contribution is 2.38. The van der Waals surface area contributed by atoms with Gasteiger partial charge in [0, 0.05) is 17.7 Å². The molecule has 2 rings (SSSR count). The van der Waals surface area contributed by atoms with Gasteiger partial charge in [0.2, 0.25) is 0 Å². The first-order chi connectivity index (χ1) is 7.09. The summed E-state index contributed by atoms with van der Waals surface area (Å²) in [7, 11) is 1.58. The van der Waals surface area contributed by atoms with Crippen LogP contribution in [0, 0.1) is 12.7 Å². The second-order valence-corrected chi connectivity index (χ2v) is 4.18. The number of halogens is 2. The average Bonchev–Trinajstić information content (AvgIpc) is 2.12. The quantitative estimate of drug-likeness (QED) is 0.778. The molecule has 0 saturated carbocycles. The lowest BCUT2D eigenvalue weighted by Gasteiger charge is -2.40. The molecule has 0 bridgehead atoms. The molecular weight excluding hydrogens is 219 g/mol. The van der Waals surface area contributed by atoms with Gasteiger partial charge >= 0.3 is 0 Å². The number of ether oxygens (including phenoxy) is 2. The van der Waals surface area contributed by atoms with Crippen molar-refractivity contribution >= 4 is 11.6 Å². The lowest BCUT2D eigenvalue weighted by molar-refractivity contribution is -0.202. The van der Waals surface area contributed by atoms with Gasteiger partial charge in [-0.15, -0.1) is 0 Å². The molecule has 0 aromatic heterocycles. The molecule has 82 valence electrons. The number of hydrogen-bond acceptors (Lipinski definition) is 2. The van der Waals surface area contributed by atoms with E-state index < -0.39 is 5.60 Å². The van der Waals surface area contributed by atoms with Crippen LogP contribution in [0.1, 0.15) is 11.1 Å². The van der Waals surface area contributed by atoms with Crippen molar-refractivity contribution in [2.75, 3.05) is 20.3 Å². The molecule has 0 amide bonds. The molecule has 0 atom stereocenters. The summed E-state index contributed by atoms with van der Waals surface area (Å²) in [5, 5.41) is 0.527. The summed E-state index contributed by atoms with van der Waals surface area (Å²) in [6.07, 6.45) is 0. The molecule has 4 heteroatoms. The van der Waals surface area contributed by atoms with E-state index in [-0.39, 0.29) is 5.82 Å². The van der Waals surface area contributed by atoms with Gasteiger partial charge in [0.05, 0.1) is 13.2 Å². The lowest BCUT2D eigenvalue weighted by atomic mass is 9.91. The van der Waals surface area contributed by atoms with E-state index in [1.165, 1.54) is 6.07 Å². The van der Waals surface area contributed by atoms with Crippen LogP contribution in [0.4, 0.5) is 4.39 Å². The normalized spacial score (nSPS) is 18.7. The smallest absolute Gasteiger partial charge is 0.141 e. The standard InChI is InChI=1S/C11H12ClFO2/c1-7-3-9(12)8(4-10(7)13)11(14-2)5-15-6-11/h3-4H,5-6H2,1-2H3. The Labute approximate surface area is 92.9 Å². The van der Waals surface area contributed by atoms with Crippen LogP contribution in [-0.4, -0.2) is 20.3 Å². The molecule has 1 aliphatic rings. The van der Waals surface area contributed by atoms with Gasteiger partial charge in [0.15, 0.2) is 0 Å². The Kier molecular flexibility index (Phi) is 2.71. The molecule has 1 fully saturated rings. The van der Waals surface area contributed by atoms with Crippen molar-refractivity contribution in [3.05, 3.63) is 34.1 Å². The Hall–Kier alpha value is -0.640. The number of benzene rings is 1. The highest BCUT2D eigenvalue weighted by atomic mass is 35.5. The van der Waals surface area contributed by atoms with Gasteiger partial charge in [0.1, 0.15) is 11.4 Å². The molecule has 1 aromatic carbocycles. The van der Waals surface area contributed by atoms with E-state index in [0.29, 0.717) is 29.4 Å². The Bertz CT molecular complexity index is 383. The average molecular weight is 231 g/mol. The van der Waals surface area contributed by atoms with E-state index >= 15 is 0 Å². The van der Waals surface area contributed by atoms with Crippen LogP contribution < -0.4 is 0 Å². The van der Waals surface area contributed by atoms with E-state index in [9.17, 15) is 4.39 Å². The number of methoxy groups -OCH3 is 1. The van der Waals surface area contributed by atoms with Crippen LogP contribution in [0.25, 0.3) is 0 Å². The van der Waals surface area contributed by atoms with E-state index in [4.69, 9.17) is 21.1 Å². The first-order valence-electron chi connectivity index (χ1n) is 4.68. The largest absolute Gasteiger partial charge is 0.375 e. The highest BCUT2D eigenvalue weighted by Gasteiger charge is 2.42. The van der Waals surface area contributed by atoms with Crippen LogP contribution >= 0.6 is 11.6 Å². The maximum Gasteiger partial charge on any atom is 0.141 e. The molecule has 15 heavy (non-hydrogen) atoms. The molecule has 0 radical (unpaired) electrons. The molecule has 1 aliphatic heterocycles. The minimum Gasteiger partial charge on any atom is -0.375 e. The molecule has 2 nitrogen and oxygen atoms in total. The van der Waals surface area contributed by atoms with Gasteiger partial charge in [-0.3, -0.25) is 0 Å². The SMILES string of the molecule is COC1(c2cc(F)c(C)cc2Cl)COC1. The highest BCUT2D eigenvalue weighted by molar-refractivity contribution is 6.31. The van der Waals surface area contributed by atoms with Crippen molar-refractivity contribution in [1.82, 2.24) is 0 Å². The fraction of sp³-hybridized carbons (Fsp3) is 0.455. The topological polar surface area (TPSA) is 18.5 Å². The number of hydrogen-bond donors (Lipinski definition) is 0. The predicted molar refractivity (Wildman–Crippen MR) is 55.7 cm³/mol. The maximum absolute atomic E-state index is 13.4. The van der Waals surface area contributed by atoms with Crippen molar-refractivity contribution in [2.24, 2.45) is 0 Å². The summed E-state index contributed by atoms with van der Waals surface area (Å²) in [5.74, 6) is -0.266. The van der Waals surface area contributed by atoms with Crippen molar-refractivity contribution in [1.29, 1.82) is 0 Å². The fourth-order valence-electron chi connectivity index (χ4n) is 1.67. The summed E-state index contributed by atoms with van der Waals surface area (Å²) >= 11 is 6.08. The minimum atomic E-state index is -0.564. The van der Waals surface area contributed by atoms with Crippen LogP contribution in [0.15, 0.2) is 12.1 Å². The van der Waals surface area contributed by atoms with Gasteiger partial charge in [-0.1, -0.05) is 11.6 Å². The van der Waals surface area contributed by atoms with Gasteiger partial charge in [-0.05, 0) is 24.6 Å². The van der Waals surface area contributed by atoms with E-state index in [2.05, 4.69) is 0 Å². The summed E-state index contributed by atoms with van der Waals surface area (Å²) in [5.41, 5.74) is 0.641. The van der Waals surface area contributed by atoms with Crippen molar-refractivity contribution in [3.63, 3.8) is 0 Å². The summed E-state index contributed by atoms with van der Waals surface area (Å²) in [6.45, 7) is 2.53. The second kappa shape index (κ2) is 3.74. The van der Waals surface area contributed by atoms with Gasteiger partial charge in [-0.25, -0.2) is 4.39 Å². The monoisotopic (exact) mass is 230 g/mol. The molecule has 1 heterocycles. The van der Waals surface area contributed by atoms with Crippen LogP contribution in [0.3, 0.4) is 0 Å². The zero-order valence-electron chi connectivity index (χ0n) is 8.64. The number of aryl methyl sites for hydroxylation is 1. The Balaban J connectivity index is 2.47. The molecular formula is C11H12ClFO2. The molecule has 0 unspecified atom stereocenters. The third-order valence-electron chi connectivity index (χ3n) is 2.80. The minimum absolute atomic E-state index is 0.266. The first kappa shape index (κ1) is 10.9. The zero-order valence-corrected chi connectivity index (χ0v) is 9.40. The predicted octanol–water partition coefficient (Wildman–Crippen LogP) is 2.66. The maximum atomic E-state index is 13.4. The third kappa shape index (κ3) is 1.65. The molecule has 0 aliphatic carbocycles. The zero-order chi connectivity index (χ0) is 11.1. The molecule has 0 spiro atoms. The Morgan fingerprint density at radius 1 is 1.47 bits per heavy atom. The van der Waals surface area contributed by atoms with Gasteiger partial charge < -0.3 is 9.47 Å². The third-order valence-corrected chi connectivity index (χ3v) is 3.11. The second-order valence-electron chi connectivity index (χ2n) is 3.77. The van der Waals surface area contributed by atoms with E-state index in [1.54, 1.807) is 20.1 Å². The fourth-order valence-corrected chi connectivity index (χ4v) is 2.06. The molecule has 1 aromatic rings. The van der Waals surface area contributed by atoms with Crippen LogP contribution in [-0.2, 0) is 15.1 Å². The lowest BCUT2D eigenvalue weighted by Crippen LogP contribution is -2.48. The number of rotatable bonds is 2. The van der Waals surface area contributed by atoms with Gasteiger partial charge in [0.25, 0.3) is 0 Å². The van der Waals surface area contributed by atoms with Crippen LogP contribution in [0.5, 0.6) is 0 Å². The van der Waals surface area contributed by atoms with Crippen LogP contribution in [0.2, 0.25) is 5.02 Å². The van der Waals surface area contributed by atoms with Crippen molar-refractivity contribution < 1.29 is 13.9 Å². The van der Waals surface area contributed by atoms with E-state index in [0.717, 1.165) is 0 Å². The van der Waals surface area contributed by atoms with E-state index in [1.807, 2.05) is 0 Å². The first-order valence-corrected chi connectivity index (χ1v) is 5.06. The Morgan fingerprint density at radius 3 is 2.60 bits per heavy atom. The van der Waals surface area contributed by atoms with Gasteiger partial charge in [-0.2, -0.15) is 0 Å². The molecule has 0 N–H and O–H groups in total. The molecule has 1 saturated heterocycles. The Morgan fingerprint density at radius 2 is 2.13 bits per heavy atom. The summed E-state index contributed by atoms with van der Waals surface area (Å²) in [4.78, 5) is 0. The summed E-state index contributed by atoms with van der Waals surface area (Å²) < 4.78 is 23.9.